The van der Waals surface area contributed by atoms with Gasteiger partial charge in [-0.3, -0.25) is 9.69 Å². The lowest BCUT2D eigenvalue weighted by atomic mass is 9.85. The third-order valence-corrected chi connectivity index (χ3v) is 6.03. The van der Waals surface area contributed by atoms with Crippen molar-refractivity contribution < 1.29 is 14.6 Å². The van der Waals surface area contributed by atoms with Gasteiger partial charge in [-0.1, -0.05) is 0 Å². The van der Waals surface area contributed by atoms with E-state index in [2.05, 4.69) is 15.2 Å². The van der Waals surface area contributed by atoms with Crippen LogP contribution in [0.4, 0.5) is 0 Å². The highest BCUT2D eigenvalue weighted by atomic mass is 16.5. The second kappa shape index (κ2) is 6.70. The fourth-order valence-electron chi connectivity index (χ4n) is 4.83. The Morgan fingerprint density at radius 1 is 1.40 bits per heavy atom. The van der Waals surface area contributed by atoms with E-state index in [0.717, 1.165) is 38.1 Å². The molecule has 2 bridgehead atoms. The van der Waals surface area contributed by atoms with Crippen molar-refractivity contribution in [2.75, 3.05) is 19.7 Å². The predicted octanol–water partition coefficient (Wildman–Crippen LogP) is 0.530. The van der Waals surface area contributed by atoms with Crippen LogP contribution in [0.5, 0.6) is 0 Å². The largest absolute Gasteiger partial charge is 0.382 e. The number of aromatic nitrogens is 2. The number of hydrogen-bond donors (Lipinski definition) is 2. The van der Waals surface area contributed by atoms with Gasteiger partial charge in [0.1, 0.15) is 11.4 Å². The number of ether oxygens (including phenoxy) is 1. The van der Waals surface area contributed by atoms with Crippen LogP contribution in [0.1, 0.15) is 44.3 Å². The van der Waals surface area contributed by atoms with E-state index in [1.165, 1.54) is 0 Å². The molecule has 0 saturated carbocycles. The summed E-state index contributed by atoms with van der Waals surface area (Å²) in [5.41, 5.74) is -0.880. The molecule has 3 fully saturated rings. The zero-order valence-electron chi connectivity index (χ0n) is 14.9. The number of amides is 1. The van der Waals surface area contributed by atoms with Gasteiger partial charge in [0.2, 0.25) is 5.91 Å². The van der Waals surface area contributed by atoms with E-state index in [4.69, 9.17) is 4.74 Å². The minimum atomic E-state index is -0.880. The molecule has 1 amide bonds. The Kier molecular flexibility index (Phi) is 4.56. The molecule has 0 radical (unpaired) electrons. The highest BCUT2D eigenvalue weighted by Gasteiger charge is 2.50. The normalized spacial score (nSPS) is 35.2. The lowest BCUT2D eigenvalue weighted by molar-refractivity contribution is -0.126. The number of aliphatic hydroxyl groups is 1. The average molecular weight is 348 g/mol. The smallest absolute Gasteiger partial charge is 0.234 e. The SMILES string of the molecule is Cn1ccnc1C1(O)C[C@H]2CC[C@@H](C1)N2CC(=O)NC[C@@H]1CCCO1. The Bertz CT molecular complexity index is 612. The van der Waals surface area contributed by atoms with Crippen molar-refractivity contribution in [2.45, 2.75) is 62.3 Å². The third-order valence-electron chi connectivity index (χ3n) is 6.03. The Labute approximate surface area is 148 Å². The maximum atomic E-state index is 12.3. The van der Waals surface area contributed by atoms with Crippen LogP contribution in [0.2, 0.25) is 0 Å². The average Bonchev–Trinajstić information content (AvgIpc) is 3.28. The molecule has 3 aliphatic heterocycles. The molecule has 0 aromatic carbocycles. The van der Waals surface area contributed by atoms with Crippen LogP contribution in [0, 0.1) is 0 Å². The van der Waals surface area contributed by atoms with E-state index < -0.39 is 5.60 Å². The van der Waals surface area contributed by atoms with Gasteiger partial charge in [-0.2, -0.15) is 0 Å². The van der Waals surface area contributed by atoms with Gasteiger partial charge in [-0.25, -0.2) is 4.98 Å². The van der Waals surface area contributed by atoms with Crippen molar-refractivity contribution in [3.8, 4) is 0 Å². The molecule has 7 heteroatoms. The highest BCUT2D eigenvalue weighted by molar-refractivity contribution is 5.78. The van der Waals surface area contributed by atoms with Gasteiger partial charge in [0.15, 0.2) is 0 Å². The molecule has 1 aromatic rings. The summed E-state index contributed by atoms with van der Waals surface area (Å²) in [5, 5.41) is 14.2. The van der Waals surface area contributed by atoms with Gasteiger partial charge >= 0.3 is 0 Å². The summed E-state index contributed by atoms with van der Waals surface area (Å²) in [6.45, 7) is 1.83. The molecule has 3 aliphatic rings. The molecule has 4 heterocycles. The third kappa shape index (κ3) is 3.32. The van der Waals surface area contributed by atoms with Crippen LogP contribution in [-0.2, 0) is 22.2 Å². The van der Waals surface area contributed by atoms with Crippen LogP contribution >= 0.6 is 0 Å². The molecule has 7 nitrogen and oxygen atoms in total. The molecule has 4 atom stereocenters. The van der Waals surface area contributed by atoms with Crippen molar-refractivity contribution in [1.29, 1.82) is 0 Å². The van der Waals surface area contributed by atoms with Gasteiger partial charge in [-0.05, 0) is 38.5 Å². The number of fused-ring (bicyclic) bond motifs is 2. The van der Waals surface area contributed by atoms with Gasteiger partial charge in [0, 0.05) is 44.7 Å². The number of nitrogens with zero attached hydrogens (tertiary/aromatic N) is 3. The highest BCUT2D eigenvalue weighted by Crippen LogP contribution is 2.44. The van der Waals surface area contributed by atoms with E-state index in [0.29, 0.717) is 25.9 Å². The number of hydrogen-bond acceptors (Lipinski definition) is 5. The summed E-state index contributed by atoms with van der Waals surface area (Å²) in [6.07, 6.45) is 9.28. The molecule has 1 unspecified atom stereocenters. The van der Waals surface area contributed by atoms with E-state index in [1.807, 2.05) is 17.8 Å². The fourth-order valence-corrected chi connectivity index (χ4v) is 4.83. The van der Waals surface area contributed by atoms with Crippen molar-refractivity contribution in [2.24, 2.45) is 7.05 Å². The van der Waals surface area contributed by atoms with Crippen molar-refractivity contribution in [3.63, 3.8) is 0 Å². The number of imidazole rings is 1. The molecule has 1 aromatic heterocycles. The first-order valence-electron chi connectivity index (χ1n) is 9.39. The molecular weight excluding hydrogens is 320 g/mol. The molecular formula is C18H28N4O3. The topological polar surface area (TPSA) is 79.6 Å². The summed E-state index contributed by atoms with van der Waals surface area (Å²) >= 11 is 0. The lowest BCUT2D eigenvalue weighted by Crippen LogP contribution is -2.53. The van der Waals surface area contributed by atoms with Crippen LogP contribution in [0.15, 0.2) is 12.4 Å². The fraction of sp³-hybridized carbons (Fsp3) is 0.778. The number of aryl methyl sites for hydroxylation is 1. The second-order valence-electron chi connectivity index (χ2n) is 7.80. The standard InChI is InChI=1S/C18H28N4O3/c1-21-7-6-19-17(21)18(24)9-13-4-5-14(10-18)22(13)12-16(23)20-11-15-3-2-8-25-15/h6-7,13-15,24H,2-5,8-12H2,1H3,(H,20,23)/t13-,14+,15-,18?/m0/s1. The minimum absolute atomic E-state index is 0.0647. The van der Waals surface area contributed by atoms with Gasteiger partial charge in [-0.15, -0.1) is 0 Å². The first-order chi connectivity index (χ1) is 12.0. The molecule has 4 rings (SSSR count). The van der Waals surface area contributed by atoms with Gasteiger partial charge in [0.05, 0.1) is 12.6 Å². The Hall–Kier alpha value is -1.44. The van der Waals surface area contributed by atoms with Crippen LogP contribution in [-0.4, -0.2) is 63.3 Å². The number of nitrogens with one attached hydrogen (secondary N) is 1. The molecule has 0 spiro atoms. The zero-order valence-corrected chi connectivity index (χ0v) is 14.9. The molecule has 138 valence electrons. The number of rotatable bonds is 5. The quantitative estimate of drug-likeness (QED) is 0.811. The maximum absolute atomic E-state index is 12.3. The molecule has 0 aliphatic carbocycles. The van der Waals surface area contributed by atoms with Crippen molar-refractivity contribution in [3.05, 3.63) is 18.2 Å². The zero-order chi connectivity index (χ0) is 17.4. The van der Waals surface area contributed by atoms with E-state index in [9.17, 15) is 9.90 Å². The first-order valence-corrected chi connectivity index (χ1v) is 9.39. The summed E-state index contributed by atoms with van der Waals surface area (Å²) < 4.78 is 7.46. The summed E-state index contributed by atoms with van der Waals surface area (Å²) in [6, 6.07) is 0.489. The summed E-state index contributed by atoms with van der Waals surface area (Å²) in [7, 11) is 1.92. The van der Waals surface area contributed by atoms with Crippen LogP contribution in [0.25, 0.3) is 0 Å². The lowest BCUT2D eigenvalue weighted by Gasteiger charge is -2.43. The van der Waals surface area contributed by atoms with Gasteiger partial charge < -0.3 is 19.7 Å². The number of carbonyl (C=O) groups is 1. The Morgan fingerprint density at radius 2 is 2.16 bits per heavy atom. The summed E-state index contributed by atoms with van der Waals surface area (Å²) in [5.74, 6) is 0.807. The number of piperidine rings is 1. The monoisotopic (exact) mass is 348 g/mol. The predicted molar refractivity (Wildman–Crippen MR) is 91.8 cm³/mol. The van der Waals surface area contributed by atoms with E-state index in [1.54, 1.807) is 6.20 Å². The molecule has 2 N–H and O–H groups in total. The first kappa shape index (κ1) is 17.0. The second-order valence-corrected chi connectivity index (χ2v) is 7.80. The minimum Gasteiger partial charge on any atom is -0.382 e. The van der Waals surface area contributed by atoms with E-state index in [-0.39, 0.29) is 24.1 Å². The Balaban J connectivity index is 1.36. The molecule has 25 heavy (non-hydrogen) atoms. The number of carbonyl (C=O) groups excluding carboxylic acids is 1. The van der Waals surface area contributed by atoms with Crippen molar-refractivity contribution >= 4 is 5.91 Å². The molecule has 3 saturated heterocycles. The van der Waals surface area contributed by atoms with Crippen LogP contribution in [0.3, 0.4) is 0 Å². The van der Waals surface area contributed by atoms with Crippen molar-refractivity contribution in [1.82, 2.24) is 19.8 Å². The van der Waals surface area contributed by atoms with E-state index >= 15 is 0 Å². The summed E-state index contributed by atoms with van der Waals surface area (Å²) in [4.78, 5) is 19.0. The van der Waals surface area contributed by atoms with Crippen LogP contribution < -0.4 is 5.32 Å². The maximum Gasteiger partial charge on any atom is 0.234 e. The van der Waals surface area contributed by atoms with Gasteiger partial charge in [0.25, 0.3) is 0 Å². The Morgan fingerprint density at radius 3 is 2.76 bits per heavy atom.